The fourth-order valence-corrected chi connectivity index (χ4v) is 3.63. The molecule has 4 heteroatoms. The Morgan fingerprint density at radius 2 is 2.22 bits per heavy atom. The predicted molar refractivity (Wildman–Crippen MR) is 72.0 cm³/mol. The topological polar surface area (TPSA) is 43.4 Å². The van der Waals surface area contributed by atoms with E-state index >= 15 is 0 Å². The Morgan fingerprint density at radius 3 is 2.89 bits per heavy atom. The van der Waals surface area contributed by atoms with Crippen molar-refractivity contribution >= 4 is 16.8 Å². The molecule has 1 aromatic rings. The van der Waals surface area contributed by atoms with Crippen molar-refractivity contribution in [2.24, 2.45) is 0 Å². The number of esters is 1. The standard InChI is InChI=1S/C14H18O3S/c1-10(7-14(15)17-2)18(16)9-12-8-11-5-3-4-6-13(11)12/h3-6,10,12H,7-9H2,1-2H3. The Morgan fingerprint density at radius 1 is 1.50 bits per heavy atom. The zero-order valence-electron chi connectivity index (χ0n) is 10.7. The van der Waals surface area contributed by atoms with Crippen LogP contribution in [0.15, 0.2) is 24.3 Å². The summed E-state index contributed by atoms with van der Waals surface area (Å²) in [5.74, 6) is 0.752. The van der Waals surface area contributed by atoms with Gasteiger partial charge in [0, 0.05) is 21.8 Å². The molecule has 98 valence electrons. The van der Waals surface area contributed by atoms with Crippen molar-refractivity contribution in [3.05, 3.63) is 35.4 Å². The molecule has 18 heavy (non-hydrogen) atoms. The van der Waals surface area contributed by atoms with Gasteiger partial charge in [0.05, 0.1) is 13.5 Å². The normalized spacial score (nSPS) is 20.4. The molecule has 0 fully saturated rings. The smallest absolute Gasteiger partial charge is 0.306 e. The Balaban J connectivity index is 1.88. The summed E-state index contributed by atoms with van der Waals surface area (Å²) in [5.41, 5.74) is 2.68. The molecule has 0 radical (unpaired) electrons. The number of rotatable bonds is 5. The highest BCUT2D eigenvalue weighted by molar-refractivity contribution is 7.85. The van der Waals surface area contributed by atoms with E-state index in [1.54, 1.807) is 0 Å². The SMILES string of the molecule is COC(=O)CC(C)S(=O)CC1Cc2ccccc21. The van der Waals surface area contributed by atoms with E-state index < -0.39 is 10.8 Å². The van der Waals surface area contributed by atoms with Gasteiger partial charge in [-0.15, -0.1) is 0 Å². The zero-order valence-corrected chi connectivity index (χ0v) is 11.5. The lowest BCUT2D eigenvalue weighted by Crippen LogP contribution is -2.27. The number of benzene rings is 1. The Hall–Kier alpha value is -1.16. The maximum atomic E-state index is 12.1. The molecule has 3 unspecified atom stereocenters. The fourth-order valence-electron chi connectivity index (χ4n) is 2.28. The monoisotopic (exact) mass is 266 g/mol. The number of hydrogen-bond donors (Lipinski definition) is 0. The van der Waals surface area contributed by atoms with Gasteiger partial charge in [-0.2, -0.15) is 0 Å². The van der Waals surface area contributed by atoms with Gasteiger partial charge in [-0.05, 0) is 23.5 Å². The molecule has 0 saturated carbocycles. The van der Waals surface area contributed by atoms with Crippen LogP contribution in [0.2, 0.25) is 0 Å². The summed E-state index contributed by atoms with van der Waals surface area (Å²) < 4.78 is 16.7. The average molecular weight is 266 g/mol. The summed E-state index contributed by atoms with van der Waals surface area (Å²) in [5, 5.41) is -0.134. The predicted octanol–water partition coefficient (Wildman–Crippen LogP) is 2.03. The van der Waals surface area contributed by atoms with E-state index in [0.29, 0.717) is 11.7 Å². The van der Waals surface area contributed by atoms with Crippen LogP contribution in [-0.2, 0) is 26.8 Å². The molecule has 0 heterocycles. The van der Waals surface area contributed by atoms with Crippen LogP contribution in [0, 0.1) is 0 Å². The third kappa shape index (κ3) is 2.80. The highest BCUT2D eigenvalue weighted by atomic mass is 32.2. The molecule has 0 saturated heterocycles. The largest absolute Gasteiger partial charge is 0.469 e. The van der Waals surface area contributed by atoms with E-state index in [4.69, 9.17) is 0 Å². The van der Waals surface area contributed by atoms with Crippen LogP contribution in [0.4, 0.5) is 0 Å². The quantitative estimate of drug-likeness (QED) is 0.766. The molecule has 0 aliphatic heterocycles. The summed E-state index contributed by atoms with van der Waals surface area (Å²) in [4.78, 5) is 11.1. The second-order valence-electron chi connectivity index (χ2n) is 4.74. The third-order valence-corrected chi connectivity index (χ3v) is 5.25. The summed E-state index contributed by atoms with van der Waals surface area (Å²) in [6, 6.07) is 8.27. The van der Waals surface area contributed by atoms with Gasteiger partial charge in [0.15, 0.2) is 0 Å². The van der Waals surface area contributed by atoms with E-state index in [1.165, 1.54) is 18.2 Å². The molecule has 0 spiro atoms. The molecule has 1 aliphatic carbocycles. The van der Waals surface area contributed by atoms with Gasteiger partial charge >= 0.3 is 5.97 Å². The Bertz CT molecular complexity index is 470. The fraction of sp³-hybridized carbons (Fsp3) is 0.500. The lowest BCUT2D eigenvalue weighted by Gasteiger charge is -2.30. The molecule has 1 aromatic carbocycles. The second kappa shape index (κ2) is 5.65. The Labute approximate surface area is 110 Å². The minimum atomic E-state index is -0.974. The average Bonchev–Trinajstić information content (AvgIpc) is 2.35. The van der Waals surface area contributed by atoms with Gasteiger partial charge < -0.3 is 4.74 Å². The molecule has 1 aliphatic rings. The van der Waals surface area contributed by atoms with Crippen molar-refractivity contribution in [1.29, 1.82) is 0 Å². The number of carbonyl (C=O) groups is 1. The molecule has 0 amide bonds. The highest BCUT2D eigenvalue weighted by Gasteiger charge is 2.28. The first-order chi connectivity index (χ1) is 8.61. The number of fused-ring (bicyclic) bond motifs is 1. The minimum absolute atomic E-state index is 0.134. The van der Waals surface area contributed by atoms with Crippen LogP contribution in [0.3, 0.4) is 0 Å². The van der Waals surface area contributed by atoms with Gasteiger partial charge in [0.1, 0.15) is 0 Å². The summed E-state index contributed by atoms with van der Waals surface area (Å²) in [7, 11) is 0.387. The van der Waals surface area contributed by atoms with E-state index in [9.17, 15) is 9.00 Å². The summed E-state index contributed by atoms with van der Waals surface area (Å²) in [6.45, 7) is 1.84. The number of methoxy groups -OCH3 is 1. The Kier molecular flexibility index (Phi) is 4.17. The molecule has 0 bridgehead atoms. The first kappa shape index (κ1) is 13.3. The van der Waals surface area contributed by atoms with Gasteiger partial charge in [-0.1, -0.05) is 31.2 Å². The molecule has 3 atom stereocenters. The number of carbonyl (C=O) groups excluding carboxylic acids is 1. The molecule has 0 N–H and O–H groups in total. The molecule has 0 aromatic heterocycles. The molecule has 3 nitrogen and oxygen atoms in total. The van der Waals surface area contributed by atoms with Crippen LogP contribution < -0.4 is 0 Å². The van der Waals surface area contributed by atoms with Crippen molar-refractivity contribution < 1.29 is 13.7 Å². The second-order valence-corrected chi connectivity index (χ2v) is 6.64. The van der Waals surface area contributed by atoms with E-state index in [-0.39, 0.29) is 17.6 Å². The van der Waals surface area contributed by atoms with Crippen molar-refractivity contribution in [2.45, 2.75) is 30.9 Å². The maximum Gasteiger partial charge on any atom is 0.306 e. The van der Waals surface area contributed by atoms with Crippen LogP contribution in [-0.4, -0.2) is 28.3 Å². The first-order valence-electron chi connectivity index (χ1n) is 6.13. The molecular weight excluding hydrogens is 248 g/mol. The van der Waals surface area contributed by atoms with E-state index in [1.807, 2.05) is 19.1 Å². The zero-order chi connectivity index (χ0) is 13.1. The molecular formula is C14H18O3S. The van der Waals surface area contributed by atoms with Crippen molar-refractivity contribution in [3.8, 4) is 0 Å². The van der Waals surface area contributed by atoms with Gasteiger partial charge in [-0.3, -0.25) is 9.00 Å². The van der Waals surface area contributed by atoms with E-state index in [2.05, 4.69) is 16.9 Å². The first-order valence-corrected chi connectivity index (χ1v) is 7.51. The van der Waals surface area contributed by atoms with Crippen LogP contribution in [0.1, 0.15) is 30.4 Å². The minimum Gasteiger partial charge on any atom is -0.469 e. The summed E-state index contributed by atoms with van der Waals surface area (Å²) >= 11 is 0. The number of ether oxygens (including phenoxy) is 1. The number of hydrogen-bond acceptors (Lipinski definition) is 3. The van der Waals surface area contributed by atoms with Crippen molar-refractivity contribution in [3.63, 3.8) is 0 Å². The van der Waals surface area contributed by atoms with E-state index in [0.717, 1.165) is 6.42 Å². The van der Waals surface area contributed by atoms with Gasteiger partial charge in [-0.25, -0.2) is 0 Å². The molecule has 2 rings (SSSR count). The van der Waals surface area contributed by atoms with Crippen LogP contribution >= 0.6 is 0 Å². The third-order valence-electron chi connectivity index (χ3n) is 3.46. The van der Waals surface area contributed by atoms with Crippen LogP contribution in [0.25, 0.3) is 0 Å². The maximum absolute atomic E-state index is 12.1. The van der Waals surface area contributed by atoms with Crippen molar-refractivity contribution in [1.82, 2.24) is 0 Å². The van der Waals surface area contributed by atoms with Crippen LogP contribution in [0.5, 0.6) is 0 Å². The highest BCUT2D eigenvalue weighted by Crippen LogP contribution is 2.35. The lowest BCUT2D eigenvalue weighted by molar-refractivity contribution is -0.140. The lowest BCUT2D eigenvalue weighted by atomic mass is 9.79. The van der Waals surface area contributed by atoms with Gasteiger partial charge in [0.25, 0.3) is 0 Å². The summed E-state index contributed by atoms with van der Waals surface area (Å²) in [6.07, 6.45) is 1.24. The van der Waals surface area contributed by atoms with Crippen molar-refractivity contribution in [2.75, 3.05) is 12.9 Å². The van der Waals surface area contributed by atoms with Gasteiger partial charge in [0.2, 0.25) is 0 Å².